The average molecular weight is 378 g/mol. The second-order valence-electron chi connectivity index (χ2n) is 5.83. The molecule has 0 saturated carbocycles. The second kappa shape index (κ2) is 9.89. The van der Waals surface area contributed by atoms with Crippen LogP contribution in [0.15, 0.2) is 54.6 Å². The molecule has 0 spiro atoms. The molecule has 1 unspecified atom stereocenters. The van der Waals surface area contributed by atoms with E-state index in [1.807, 2.05) is 59.5 Å². The van der Waals surface area contributed by atoms with E-state index >= 15 is 0 Å². The van der Waals surface area contributed by atoms with Crippen LogP contribution in [0.25, 0.3) is 0 Å². The minimum absolute atomic E-state index is 0. The normalized spacial score (nSPS) is 16.3. The maximum Gasteiger partial charge on any atom is 0.322 e. The zero-order chi connectivity index (χ0) is 17.5. The summed E-state index contributed by atoms with van der Waals surface area (Å²) in [5.41, 5.74) is 0.743. The van der Waals surface area contributed by atoms with Gasteiger partial charge in [-0.1, -0.05) is 18.2 Å². The van der Waals surface area contributed by atoms with Gasteiger partial charge >= 0.3 is 6.03 Å². The first-order valence-electron chi connectivity index (χ1n) is 8.36. The van der Waals surface area contributed by atoms with Crippen LogP contribution in [0, 0.1) is 0 Å². The first kappa shape index (κ1) is 19.9. The largest absolute Gasteiger partial charge is 0.497 e. The van der Waals surface area contributed by atoms with Crippen LogP contribution in [-0.4, -0.2) is 50.3 Å². The van der Waals surface area contributed by atoms with E-state index in [0.29, 0.717) is 19.7 Å². The molecule has 1 aliphatic rings. The first-order chi connectivity index (χ1) is 12.3. The van der Waals surface area contributed by atoms with Crippen LogP contribution in [0.2, 0.25) is 0 Å². The van der Waals surface area contributed by atoms with E-state index < -0.39 is 0 Å². The van der Waals surface area contributed by atoms with E-state index in [2.05, 4.69) is 10.6 Å². The maximum absolute atomic E-state index is 12.6. The zero-order valence-electron chi connectivity index (χ0n) is 14.7. The van der Waals surface area contributed by atoms with Crippen molar-refractivity contribution < 1.29 is 14.3 Å². The number of carbonyl (C=O) groups is 1. The highest BCUT2D eigenvalue weighted by Crippen LogP contribution is 2.17. The van der Waals surface area contributed by atoms with Crippen LogP contribution < -0.4 is 20.1 Å². The van der Waals surface area contributed by atoms with Crippen molar-refractivity contribution in [1.29, 1.82) is 0 Å². The number of halogens is 1. The number of benzene rings is 2. The molecule has 0 radical (unpaired) electrons. The lowest BCUT2D eigenvalue weighted by atomic mass is 10.2. The number of nitrogens with zero attached hydrogens (tertiary/aromatic N) is 1. The van der Waals surface area contributed by atoms with Crippen molar-refractivity contribution >= 4 is 24.1 Å². The number of piperazine rings is 1. The van der Waals surface area contributed by atoms with E-state index in [4.69, 9.17) is 9.47 Å². The molecule has 1 atom stereocenters. The fourth-order valence-electron chi connectivity index (χ4n) is 2.76. The average Bonchev–Trinajstić information content (AvgIpc) is 2.68. The highest BCUT2D eigenvalue weighted by atomic mass is 35.5. The first-order valence-corrected chi connectivity index (χ1v) is 8.36. The molecule has 1 fully saturated rings. The Balaban J connectivity index is 0.00000243. The lowest BCUT2D eigenvalue weighted by Crippen LogP contribution is -2.57. The van der Waals surface area contributed by atoms with Crippen molar-refractivity contribution in [3.05, 3.63) is 54.6 Å². The monoisotopic (exact) mass is 377 g/mol. The van der Waals surface area contributed by atoms with E-state index in [-0.39, 0.29) is 24.5 Å². The third kappa shape index (κ3) is 5.28. The number of carbonyl (C=O) groups excluding carboxylic acids is 1. The molecule has 2 amide bonds. The van der Waals surface area contributed by atoms with E-state index in [9.17, 15) is 4.79 Å². The quantitative estimate of drug-likeness (QED) is 0.840. The van der Waals surface area contributed by atoms with Gasteiger partial charge in [0.25, 0.3) is 0 Å². The number of methoxy groups -OCH3 is 1. The molecule has 7 heteroatoms. The van der Waals surface area contributed by atoms with Crippen molar-refractivity contribution in [1.82, 2.24) is 10.2 Å². The summed E-state index contributed by atoms with van der Waals surface area (Å²) < 4.78 is 11.0. The molecule has 6 nitrogen and oxygen atoms in total. The van der Waals surface area contributed by atoms with Gasteiger partial charge in [0, 0.05) is 25.3 Å². The van der Waals surface area contributed by atoms with Crippen LogP contribution in [0.3, 0.4) is 0 Å². The SMILES string of the molecule is COc1ccc(NC(=O)N2CCNCC2COc2ccccc2)cc1.Cl. The summed E-state index contributed by atoms with van der Waals surface area (Å²) in [5.74, 6) is 1.57. The molecule has 1 saturated heterocycles. The summed E-state index contributed by atoms with van der Waals surface area (Å²) in [6.07, 6.45) is 0. The summed E-state index contributed by atoms with van der Waals surface area (Å²) in [6.45, 7) is 2.58. The molecule has 1 heterocycles. The van der Waals surface area contributed by atoms with Crippen LogP contribution in [0.1, 0.15) is 0 Å². The lowest BCUT2D eigenvalue weighted by molar-refractivity contribution is 0.133. The molecule has 26 heavy (non-hydrogen) atoms. The molecule has 3 rings (SSSR count). The number of hydrogen-bond acceptors (Lipinski definition) is 4. The van der Waals surface area contributed by atoms with Gasteiger partial charge < -0.3 is 25.0 Å². The van der Waals surface area contributed by atoms with Crippen LogP contribution >= 0.6 is 12.4 Å². The number of nitrogens with one attached hydrogen (secondary N) is 2. The van der Waals surface area contributed by atoms with E-state index in [1.54, 1.807) is 7.11 Å². The van der Waals surface area contributed by atoms with Gasteiger partial charge in [-0.05, 0) is 36.4 Å². The van der Waals surface area contributed by atoms with E-state index in [0.717, 1.165) is 23.7 Å². The van der Waals surface area contributed by atoms with Crippen LogP contribution in [0.4, 0.5) is 10.5 Å². The van der Waals surface area contributed by atoms with Gasteiger partial charge in [0.15, 0.2) is 0 Å². The Morgan fingerprint density at radius 2 is 1.88 bits per heavy atom. The molecule has 2 aromatic rings. The predicted octanol–water partition coefficient (Wildman–Crippen LogP) is 3.00. The molecule has 0 bridgehead atoms. The molecule has 2 aromatic carbocycles. The number of anilines is 1. The van der Waals surface area contributed by atoms with Crippen molar-refractivity contribution in [3.8, 4) is 11.5 Å². The van der Waals surface area contributed by atoms with Gasteiger partial charge in [-0.25, -0.2) is 4.79 Å². The van der Waals surface area contributed by atoms with Gasteiger partial charge in [-0.2, -0.15) is 0 Å². The Labute approximate surface area is 159 Å². The summed E-state index contributed by atoms with van der Waals surface area (Å²) in [6, 6.07) is 16.8. The summed E-state index contributed by atoms with van der Waals surface area (Å²) >= 11 is 0. The van der Waals surface area contributed by atoms with Gasteiger partial charge in [-0.3, -0.25) is 0 Å². The predicted molar refractivity (Wildman–Crippen MR) is 105 cm³/mol. The Kier molecular flexibility index (Phi) is 7.56. The highest BCUT2D eigenvalue weighted by Gasteiger charge is 2.27. The number of amides is 2. The molecular formula is C19H24ClN3O3. The van der Waals surface area contributed by atoms with E-state index in [1.165, 1.54) is 0 Å². The summed E-state index contributed by atoms with van der Waals surface area (Å²) in [7, 11) is 1.62. The number of ether oxygens (including phenoxy) is 2. The number of hydrogen-bond donors (Lipinski definition) is 2. The van der Waals surface area contributed by atoms with Crippen molar-refractivity contribution in [2.24, 2.45) is 0 Å². The van der Waals surface area contributed by atoms with Crippen molar-refractivity contribution in [3.63, 3.8) is 0 Å². The van der Waals surface area contributed by atoms with Gasteiger partial charge in [0.05, 0.1) is 13.2 Å². The fraction of sp³-hybridized carbons (Fsp3) is 0.316. The lowest BCUT2D eigenvalue weighted by Gasteiger charge is -2.36. The Morgan fingerprint density at radius 3 is 2.58 bits per heavy atom. The van der Waals surface area contributed by atoms with Crippen LogP contribution in [-0.2, 0) is 0 Å². The molecule has 2 N–H and O–H groups in total. The molecule has 0 aromatic heterocycles. The van der Waals surface area contributed by atoms with Gasteiger partial charge in [-0.15, -0.1) is 12.4 Å². The van der Waals surface area contributed by atoms with Gasteiger partial charge in [0.1, 0.15) is 18.1 Å². The molecule has 140 valence electrons. The van der Waals surface area contributed by atoms with Crippen molar-refractivity contribution in [2.75, 3.05) is 38.7 Å². The smallest absolute Gasteiger partial charge is 0.322 e. The van der Waals surface area contributed by atoms with Crippen molar-refractivity contribution in [2.45, 2.75) is 6.04 Å². The Morgan fingerprint density at radius 1 is 1.15 bits per heavy atom. The van der Waals surface area contributed by atoms with Crippen LogP contribution in [0.5, 0.6) is 11.5 Å². The topological polar surface area (TPSA) is 62.8 Å². The molecule has 0 aliphatic carbocycles. The number of rotatable bonds is 5. The fourth-order valence-corrected chi connectivity index (χ4v) is 2.76. The summed E-state index contributed by atoms with van der Waals surface area (Å²) in [5, 5.41) is 6.26. The Hall–Kier alpha value is -2.44. The maximum atomic E-state index is 12.6. The number of para-hydroxylation sites is 1. The minimum Gasteiger partial charge on any atom is -0.497 e. The standard InChI is InChI=1S/C19H23N3O3.ClH/c1-24-17-9-7-15(8-10-17)21-19(23)22-12-11-20-13-16(22)14-25-18-5-3-2-4-6-18;/h2-10,16,20H,11-14H2,1H3,(H,21,23);1H. The third-order valence-electron chi connectivity index (χ3n) is 4.14. The molecular weight excluding hydrogens is 354 g/mol. The molecule has 1 aliphatic heterocycles. The second-order valence-corrected chi connectivity index (χ2v) is 5.83. The van der Waals surface area contributed by atoms with Gasteiger partial charge in [0.2, 0.25) is 0 Å². The Bertz CT molecular complexity index is 682. The highest BCUT2D eigenvalue weighted by molar-refractivity contribution is 5.89. The third-order valence-corrected chi connectivity index (χ3v) is 4.14. The minimum atomic E-state index is -0.117. The zero-order valence-corrected chi connectivity index (χ0v) is 15.5. The summed E-state index contributed by atoms with van der Waals surface area (Å²) in [4.78, 5) is 14.5. The number of urea groups is 1.